The van der Waals surface area contributed by atoms with Crippen LogP contribution in [0.3, 0.4) is 0 Å². The van der Waals surface area contributed by atoms with Gasteiger partial charge in [-0.05, 0) is 24.0 Å². The van der Waals surface area contributed by atoms with Crippen molar-refractivity contribution in [1.82, 2.24) is 0 Å². The molecule has 4 nitrogen and oxygen atoms in total. The van der Waals surface area contributed by atoms with Crippen LogP contribution in [0.15, 0.2) is 24.3 Å². The van der Waals surface area contributed by atoms with Gasteiger partial charge in [-0.2, -0.15) is 0 Å². The number of aliphatic hydroxyl groups excluding tert-OH is 1. The van der Waals surface area contributed by atoms with Crippen LogP contribution in [-0.2, 0) is 9.47 Å². The normalized spacial score (nSPS) is 28.2. The quantitative estimate of drug-likeness (QED) is 0.930. The van der Waals surface area contributed by atoms with Crippen LogP contribution >= 0.6 is 0 Å². The van der Waals surface area contributed by atoms with Crippen molar-refractivity contribution in [3.63, 3.8) is 0 Å². The molecule has 2 atom stereocenters. The zero-order valence-electron chi connectivity index (χ0n) is 12.7. The Labute approximate surface area is 126 Å². The van der Waals surface area contributed by atoms with Crippen LogP contribution in [0, 0.1) is 0 Å². The second-order valence-corrected chi connectivity index (χ2v) is 6.27. The molecule has 1 spiro atoms. The van der Waals surface area contributed by atoms with Gasteiger partial charge in [0.2, 0.25) is 0 Å². The summed E-state index contributed by atoms with van der Waals surface area (Å²) >= 11 is 0. The van der Waals surface area contributed by atoms with Crippen LogP contribution < -0.4 is 4.74 Å². The van der Waals surface area contributed by atoms with E-state index in [0.29, 0.717) is 32.0 Å². The van der Waals surface area contributed by atoms with E-state index in [1.54, 1.807) is 0 Å². The lowest BCUT2D eigenvalue weighted by molar-refractivity contribution is -0.209. The van der Waals surface area contributed by atoms with E-state index in [0.717, 1.165) is 17.7 Å². The number of benzene rings is 1. The van der Waals surface area contributed by atoms with Crippen molar-refractivity contribution in [3.8, 4) is 5.75 Å². The minimum atomic E-state index is -0.545. The Morgan fingerprint density at radius 1 is 1.24 bits per heavy atom. The largest absolute Gasteiger partial charge is 0.487 e. The number of aliphatic hydroxyl groups is 1. The number of para-hydroxylation sites is 1. The highest BCUT2D eigenvalue weighted by Gasteiger charge is 2.45. The standard InChI is InChI=1S/C17H24O4/c1-12(2)13-5-3-4-6-15(13)21-16-11-17(8-7-14(16)18)19-9-10-20-17/h3-6,12,14,16,18H,7-11H2,1-2H3. The fourth-order valence-corrected chi connectivity index (χ4v) is 3.21. The van der Waals surface area contributed by atoms with Gasteiger partial charge in [0.05, 0.1) is 19.3 Å². The highest BCUT2D eigenvalue weighted by atomic mass is 16.7. The van der Waals surface area contributed by atoms with Gasteiger partial charge >= 0.3 is 0 Å². The predicted molar refractivity (Wildman–Crippen MR) is 79.4 cm³/mol. The number of ether oxygens (including phenoxy) is 3. The molecule has 1 aliphatic heterocycles. The number of rotatable bonds is 3. The Kier molecular flexibility index (Phi) is 4.20. The molecule has 0 bridgehead atoms. The summed E-state index contributed by atoms with van der Waals surface area (Å²) in [5, 5.41) is 10.3. The van der Waals surface area contributed by atoms with E-state index in [-0.39, 0.29) is 6.10 Å². The zero-order chi connectivity index (χ0) is 14.9. The second-order valence-electron chi connectivity index (χ2n) is 6.27. The smallest absolute Gasteiger partial charge is 0.172 e. The summed E-state index contributed by atoms with van der Waals surface area (Å²) in [6, 6.07) is 8.03. The van der Waals surface area contributed by atoms with Gasteiger partial charge in [0.15, 0.2) is 5.79 Å². The van der Waals surface area contributed by atoms with E-state index in [2.05, 4.69) is 19.9 Å². The van der Waals surface area contributed by atoms with Crippen molar-refractivity contribution in [2.45, 2.75) is 57.0 Å². The molecule has 1 aromatic rings. The summed E-state index contributed by atoms with van der Waals surface area (Å²) in [5.41, 5.74) is 1.16. The highest BCUT2D eigenvalue weighted by Crippen LogP contribution is 2.38. The molecule has 2 unspecified atom stereocenters. The van der Waals surface area contributed by atoms with Crippen LogP contribution in [0.1, 0.15) is 44.6 Å². The fraction of sp³-hybridized carbons (Fsp3) is 0.647. The van der Waals surface area contributed by atoms with Crippen molar-refractivity contribution >= 4 is 0 Å². The summed E-state index contributed by atoms with van der Waals surface area (Å²) < 4.78 is 17.7. The topological polar surface area (TPSA) is 47.9 Å². The zero-order valence-corrected chi connectivity index (χ0v) is 12.7. The Morgan fingerprint density at radius 2 is 1.95 bits per heavy atom. The SMILES string of the molecule is CC(C)c1ccccc1OC1CC2(CCC1O)OCCO2. The maximum Gasteiger partial charge on any atom is 0.172 e. The number of hydrogen-bond acceptors (Lipinski definition) is 4. The summed E-state index contributed by atoms with van der Waals surface area (Å²) in [6.45, 7) is 5.55. The van der Waals surface area contributed by atoms with Crippen LogP contribution in [0.5, 0.6) is 5.75 Å². The van der Waals surface area contributed by atoms with Crippen molar-refractivity contribution in [2.24, 2.45) is 0 Å². The molecule has 1 aromatic carbocycles. The Balaban J connectivity index is 1.76. The third-order valence-corrected chi connectivity index (χ3v) is 4.40. The molecule has 1 heterocycles. The van der Waals surface area contributed by atoms with E-state index < -0.39 is 11.9 Å². The first-order valence-corrected chi connectivity index (χ1v) is 7.81. The summed E-state index contributed by atoms with van der Waals surface area (Å²) in [7, 11) is 0. The lowest BCUT2D eigenvalue weighted by Crippen LogP contribution is -2.47. The van der Waals surface area contributed by atoms with Gasteiger partial charge in [0.1, 0.15) is 11.9 Å². The van der Waals surface area contributed by atoms with Gasteiger partial charge in [0.25, 0.3) is 0 Å². The minimum Gasteiger partial charge on any atom is -0.487 e. The van der Waals surface area contributed by atoms with E-state index in [1.807, 2.05) is 18.2 Å². The molecule has 116 valence electrons. The van der Waals surface area contributed by atoms with Gasteiger partial charge in [-0.3, -0.25) is 0 Å². The molecule has 0 aromatic heterocycles. The van der Waals surface area contributed by atoms with E-state index in [1.165, 1.54) is 0 Å². The van der Waals surface area contributed by atoms with Gasteiger partial charge in [-0.25, -0.2) is 0 Å². The molecular formula is C17H24O4. The Bertz CT molecular complexity index is 479. The van der Waals surface area contributed by atoms with Crippen LogP contribution in [-0.4, -0.2) is 36.3 Å². The minimum absolute atomic E-state index is 0.281. The fourth-order valence-electron chi connectivity index (χ4n) is 3.21. The number of hydrogen-bond donors (Lipinski definition) is 1. The molecule has 1 saturated carbocycles. The molecule has 21 heavy (non-hydrogen) atoms. The van der Waals surface area contributed by atoms with Gasteiger partial charge in [-0.15, -0.1) is 0 Å². The average molecular weight is 292 g/mol. The van der Waals surface area contributed by atoms with Crippen molar-refractivity contribution < 1.29 is 19.3 Å². The summed E-state index contributed by atoms with van der Waals surface area (Å²) in [5.74, 6) is 0.693. The van der Waals surface area contributed by atoms with Gasteiger partial charge in [-0.1, -0.05) is 32.0 Å². The molecule has 3 rings (SSSR count). The van der Waals surface area contributed by atoms with Gasteiger partial charge in [0, 0.05) is 12.8 Å². The first-order valence-electron chi connectivity index (χ1n) is 7.81. The first kappa shape index (κ1) is 14.8. The maximum absolute atomic E-state index is 10.3. The third kappa shape index (κ3) is 3.07. The summed E-state index contributed by atoms with van der Waals surface area (Å²) in [6.07, 6.45) is 1.22. The molecular weight excluding hydrogens is 268 g/mol. The Morgan fingerprint density at radius 3 is 2.67 bits per heavy atom. The highest BCUT2D eigenvalue weighted by molar-refractivity contribution is 5.35. The third-order valence-electron chi connectivity index (χ3n) is 4.40. The molecule has 1 N–H and O–H groups in total. The second kappa shape index (κ2) is 5.95. The molecule has 1 aliphatic carbocycles. The molecule has 0 radical (unpaired) electrons. The first-order chi connectivity index (χ1) is 10.1. The predicted octanol–water partition coefficient (Wildman–Crippen LogP) is 2.85. The lowest BCUT2D eigenvalue weighted by atomic mass is 9.89. The van der Waals surface area contributed by atoms with Crippen molar-refractivity contribution in [2.75, 3.05) is 13.2 Å². The van der Waals surface area contributed by atoms with Crippen LogP contribution in [0.4, 0.5) is 0 Å². The lowest BCUT2D eigenvalue weighted by Gasteiger charge is -2.39. The van der Waals surface area contributed by atoms with Gasteiger partial charge < -0.3 is 19.3 Å². The molecule has 2 fully saturated rings. The molecule has 0 amide bonds. The van der Waals surface area contributed by atoms with E-state index in [4.69, 9.17) is 14.2 Å². The van der Waals surface area contributed by atoms with E-state index in [9.17, 15) is 5.11 Å². The maximum atomic E-state index is 10.3. The van der Waals surface area contributed by atoms with Crippen LogP contribution in [0.2, 0.25) is 0 Å². The van der Waals surface area contributed by atoms with Crippen molar-refractivity contribution in [3.05, 3.63) is 29.8 Å². The average Bonchev–Trinajstić information content (AvgIpc) is 2.92. The molecule has 2 aliphatic rings. The van der Waals surface area contributed by atoms with E-state index >= 15 is 0 Å². The molecule has 4 heteroatoms. The monoisotopic (exact) mass is 292 g/mol. The molecule has 1 saturated heterocycles. The summed E-state index contributed by atoms with van der Waals surface area (Å²) in [4.78, 5) is 0. The van der Waals surface area contributed by atoms with Crippen molar-refractivity contribution in [1.29, 1.82) is 0 Å². The van der Waals surface area contributed by atoms with Crippen LogP contribution in [0.25, 0.3) is 0 Å². The Hall–Kier alpha value is -1.10.